The molecular weight excluding hydrogens is 258 g/mol. The first-order chi connectivity index (χ1) is 10.0. The molecule has 1 aromatic rings. The predicted octanol–water partition coefficient (Wildman–Crippen LogP) is 4.76. The molecule has 0 aliphatic rings. The summed E-state index contributed by atoms with van der Waals surface area (Å²) in [6.07, 6.45) is 7.74. The first kappa shape index (κ1) is 17.9. The van der Waals surface area contributed by atoms with Gasteiger partial charge in [0.15, 0.2) is 5.78 Å². The highest BCUT2D eigenvalue weighted by Crippen LogP contribution is 2.34. The number of hydrogen-bond donors (Lipinski definition) is 1. The SMILES string of the molecule is CCCC(C)(CCC)CCc1cccc(C(=O)CCN)c1. The van der Waals surface area contributed by atoms with Crippen LogP contribution >= 0.6 is 0 Å². The molecular formula is C19H31NO. The maximum absolute atomic E-state index is 11.9. The van der Waals surface area contributed by atoms with Crippen molar-refractivity contribution in [1.82, 2.24) is 0 Å². The molecule has 0 unspecified atom stereocenters. The molecule has 0 spiro atoms. The lowest BCUT2D eigenvalue weighted by Gasteiger charge is -2.29. The molecule has 0 aromatic heterocycles. The first-order valence-electron chi connectivity index (χ1n) is 8.37. The van der Waals surface area contributed by atoms with Crippen LogP contribution < -0.4 is 5.73 Å². The summed E-state index contributed by atoms with van der Waals surface area (Å²) in [6, 6.07) is 8.09. The van der Waals surface area contributed by atoms with Crippen molar-refractivity contribution >= 4 is 5.78 Å². The van der Waals surface area contributed by atoms with E-state index in [1.807, 2.05) is 12.1 Å². The number of nitrogens with two attached hydrogens (primary N) is 1. The molecule has 2 nitrogen and oxygen atoms in total. The molecule has 0 atom stereocenters. The lowest BCUT2D eigenvalue weighted by atomic mass is 9.76. The molecule has 0 saturated carbocycles. The van der Waals surface area contributed by atoms with Gasteiger partial charge < -0.3 is 5.73 Å². The Kier molecular flexibility index (Phi) is 7.66. The molecule has 21 heavy (non-hydrogen) atoms. The van der Waals surface area contributed by atoms with Crippen LogP contribution in [-0.4, -0.2) is 12.3 Å². The topological polar surface area (TPSA) is 43.1 Å². The van der Waals surface area contributed by atoms with Gasteiger partial charge in [0.2, 0.25) is 0 Å². The quantitative estimate of drug-likeness (QED) is 0.631. The van der Waals surface area contributed by atoms with E-state index >= 15 is 0 Å². The Morgan fingerprint density at radius 2 is 1.81 bits per heavy atom. The molecule has 1 aromatic carbocycles. The Hall–Kier alpha value is -1.15. The normalized spacial score (nSPS) is 11.6. The third-order valence-electron chi connectivity index (χ3n) is 4.34. The smallest absolute Gasteiger partial charge is 0.164 e. The summed E-state index contributed by atoms with van der Waals surface area (Å²) in [7, 11) is 0. The van der Waals surface area contributed by atoms with E-state index in [-0.39, 0.29) is 5.78 Å². The summed E-state index contributed by atoms with van der Waals surface area (Å²) >= 11 is 0. The highest BCUT2D eigenvalue weighted by molar-refractivity contribution is 5.96. The lowest BCUT2D eigenvalue weighted by molar-refractivity contribution is 0.0985. The van der Waals surface area contributed by atoms with E-state index < -0.39 is 0 Å². The minimum absolute atomic E-state index is 0.157. The fraction of sp³-hybridized carbons (Fsp3) is 0.632. The Morgan fingerprint density at radius 1 is 1.14 bits per heavy atom. The fourth-order valence-corrected chi connectivity index (χ4v) is 3.20. The van der Waals surface area contributed by atoms with Crippen molar-refractivity contribution in [2.75, 3.05) is 6.54 Å². The number of ketones is 1. The number of carbonyl (C=O) groups excluding carboxylic acids is 1. The van der Waals surface area contributed by atoms with Gasteiger partial charge in [-0.1, -0.05) is 51.8 Å². The van der Waals surface area contributed by atoms with Gasteiger partial charge in [0.1, 0.15) is 0 Å². The predicted molar refractivity (Wildman–Crippen MR) is 90.7 cm³/mol. The van der Waals surface area contributed by atoms with E-state index in [0.29, 0.717) is 18.4 Å². The molecule has 0 heterocycles. The number of carbonyl (C=O) groups is 1. The van der Waals surface area contributed by atoms with Crippen LogP contribution in [0, 0.1) is 5.41 Å². The van der Waals surface area contributed by atoms with E-state index in [2.05, 4.69) is 32.9 Å². The Labute approximate surface area is 130 Å². The second-order valence-corrected chi connectivity index (χ2v) is 6.47. The van der Waals surface area contributed by atoms with Gasteiger partial charge in [0.25, 0.3) is 0 Å². The summed E-state index contributed by atoms with van der Waals surface area (Å²) in [6.45, 7) is 7.36. The van der Waals surface area contributed by atoms with Crippen molar-refractivity contribution in [3.8, 4) is 0 Å². The number of benzene rings is 1. The first-order valence-corrected chi connectivity index (χ1v) is 8.37. The summed E-state index contributed by atoms with van der Waals surface area (Å²) in [4.78, 5) is 11.9. The molecule has 0 saturated heterocycles. The summed E-state index contributed by atoms with van der Waals surface area (Å²) in [5.41, 5.74) is 7.98. The summed E-state index contributed by atoms with van der Waals surface area (Å²) in [5.74, 6) is 0.157. The summed E-state index contributed by atoms with van der Waals surface area (Å²) < 4.78 is 0. The van der Waals surface area contributed by atoms with E-state index in [9.17, 15) is 4.79 Å². The van der Waals surface area contributed by atoms with Crippen LogP contribution in [0.25, 0.3) is 0 Å². The molecule has 1 rings (SSSR count). The zero-order valence-corrected chi connectivity index (χ0v) is 14.0. The molecule has 0 fully saturated rings. The van der Waals surface area contributed by atoms with Gasteiger partial charge in [-0.05, 0) is 49.3 Å². The highest BCUT2D eigenvalue weighted by Gasteiger charge is 2.21. The number of Topliss-reactive ketones (excluding diaryl/α,β-unsaturated/α-hetero) is 1. The third kappa shape index (κ3) is 6.01. The second kappa shape index (κ2) is 8.99. The average molecular weight is 289 g/mol. The van der Waals surface area contributed by atoms with Crippen molar-refractivity contribution < 1.29 is 4.79 Å². The maximum Gasteiger partial charge on any atom is 0.164 e. The van der Waals surface area contributed by atoms with Crippen molar-refractivity contribution in [2.45, 2.75) is 65.7 Å². The monoisotopic (exact) mass is 289 g/mol. The maximum atomic E-state index is 11.9. The molecule has 0 bridgehead atoms. The van der Waals surface area contributed by atoms with Crippen molar-refractivity contribution in [3.05, 3.63) is 35.4 Å². The zero-order valence-electron chi connectivity index (χ0n) is 14.0. The molecule has 2 heteroatoms. The van der Waals surface area contributed by atoms with Crippen molar-refractivity contribution in [1.29, 1.82) is 0 Å². The second-order valence-electron chi connectivity index (χ2n) is 6.47. The van der Waals surface area contributed by atoms with Gasteiger partial charge in [-0.2, -0.15) is 0 Å². The van der Waals surface area contributed by atoms with Gasteiger partial charge in [0.05, 0.1) is 0 Å². The molecule has 0 radical (unpaired) electrons. The number of hydrogen-bond acceptors (Lipinski definition) is 2. The van der Waals surface area contributed by atoms with E-state index in [4.69, 9.17) is 5.73 Å². The van der Waals surface area contributed by atoms with Gasteiger partial charge in [0, 0.05) is 12.0 Å². The number of rotatable bonds is 10. The van der Waals surface area contributed by atoms with Crippen LogP contribution in [0.1, 0.15) is 75.2 Å². The van der Waals surface area contributed by atoms with E-state index in [0.717, 1.165) is 12.0 Å². The van der Waals surface area contributed by atoms with Crippen LogP contribution in [-0.2, 0) is 6.42 Å². The van der Waals surface area contributed by atoms with Gasteiger partial charge >= 0.3 is 0 Å². The average Bonchev–Trinajstić information content (AvgIpc) is 2.46. The zero-order chi connectivity index (χ0) is 15.7. The van der Waals surface area contributed by atoms with Gasteiger partial charge in [-0.15, -0.1) is 0 Å². The number of aryl methyl sites for hydroxylation is 1. The lowest BCUT2D eigenvalue weighted by Crippen LogP contribution is -2.17. The van der Waals surface area contributed by atoms with Crippen LogP contribution in [0.3, 0.4) is 0 Å². The van der Waals surface area contributed by atoms with E-state index in [1.54, 1.807) is 0 Å². The Morgan fingerprint density at radius 3 is 2.38 bits per heavy atom. The molecule has 0 aliphatic carbocycles. The fourth-order valence-electron chi connectivity index (χ4n) is 3.20. The van der Waals surface area contributed by atoms with E-state index in [1.165, 1.54) is 37.7 Å². The minimum atomic E-state index is 0.157. The van der Waals surface area contributed by atoms with Crippen LogP contribution in [0.2, 0.25) is 0 Å². The minimum Gasteiger partial charge on any atom is -0.330 e. The van der Waals surface area contributed by atoms with Gasteiger partial charge in [-0.25, -0.2) is 0 Å². The Balaban J connectivity index is 2.70. The Bertz CT molecular complexity index is 433. The largest absolute Gasteiger partial charge is 0.330 e. The van der Waals surface area contributed by atoms with Crippen LogP contribution in [0.4, 0.5) is 0 Å². The van der Waals surface area contributed by atoms with Crippen LogP contribution in [0.15, 0.2) is 24.3 Å². The van der Waals surface area contributed by atoms with Crippen molar-refractivity contribution in [2.24, 2.45) is 11.1 Å². The van der Waals surface area contributed by atoms with Crippen molar-refractivity contribution in [3.63, 3.8) is 0 Å². The molecule has 0 amide bonds. The summed E-state index contributed by atoms with van der Waals surface area (Å²) in [5, 5.41) is 0. The molecule has 118 valence electrons. The molecule has 0 aliphatic heterocycles. The third-order valence-corrected chi connectivity index (χ3v) is 4.34. The van der Waals surface area contributed by atoms with Gasteiger partial charge in [-0.3, -0.25) is 4.79 Å². The van der Waals surface area contributed by atoms with Crippen LogP contribution in [0.5, 0.6) is 0 Å². The standard InChI is InChI=1S/C19H31NO/c1-4-11-19(3,12-5-2)13-9-16-7-6-8-17(15-16)18(21)10-14-20/h6-8,15H,4-5,9-14,20H2,1-3H3. The highest BCUT2D eigenvalue weighted by atomic mass is 16.1. The molecule has 2 N–H and O–H groups in total.